The maximum absolute atomic E-state index is 12.8. The molecule has 0 aromatic heterocycles. The first-order valence-corrected chi connectivity index (χ1v) is 11.3. The van der Waals surface area contributed by atoms with Crippen LogP contribution >= 0.6 is 0 Å². The van der Waals surface area contributed by atoms with Crippen molar-refractivity contribution in [3.63, 3.8) is 0 Å². The van der Waals surface area contributed by atoms with Gasteiger partial charge in [-0.3, -0.25) is 14.4 Å². The molecular formula is C24H35N3O3. The maximum Gasteiger partial charge on any atom is 0.253 e. The molecule has 164 valence electrons. The minimum absolute atomic E-state index is 0.00187. The van der Waals surface area contributed by atoms with Crippen LogP contribution in [-0.4, -0.2) is 41.8 Å². The first kappa shape index (κ1) is 22.3. The molecule has 1 aromatic rings. The number of nitrogens with one attached hydrogen (secondary N) is 2. The summed E-state index contributed by atoms with van der Waals surface area (Å²) in [4.78, 5) is 39.0. The SMILES string of the molecule is CC1CCC(NC(=O)C2CCN(C(=O)c3ccc(NC(=O)C(C)C)cc3)CC2)CC1. The van der Waals surface area contributed by atoms with Crippen LogP contribution in [0.1, 0.15) is 69.7 Å². The van der Waals surface area contributed by atoms with E-state index >= 15 is 0 Å². The number of hydrogen-bond acceptors (Lipinski definition) is 3. The number of piperidine rings is 1. The summed E-state index contributed by atoms with van der Waals surface area (Å²) in [6.07, 6.45) is 5.97. The molecule has 0 spiro atoms. The van der Waals surface area contributed by atoms with Crippen LogP contribution in [0.2, 0.25) is 0 Å². The lowest BCUT2D eigenvalue weighted by molar-refractivity contribution is -0.127. The number of nitrogens with zero attached hydrogens (tertiary/aromatic N) is 1. The Bertz CT molecular complexity index is 743. The lowest BCUT2D eigenvalue weighted by Crippen LogP contribution is -2.46. The van der Waals surface area contributed by atoms with Crippen molar-refractivity contribution in [2.24, 2.45) is 17.8 Å². The van der Waals surface area contributed by atoms with E-state index < -0.39 is 0 Å². The van der Waals surface area contributed by atoms with E-state index in [-0.39, 0.29) is 29.6 Å². The highest BCUT2D eigenvalue weighted by Crippen LogP contribution is 2.25. The van der Waals surface area contributed by atoms with Crippen LogP contribution in [-0.2, 0) is 9.59 Å². The van der Waals surface area contributed by atoms with Gasteiger partial charge in [-0.15, -0.1) is 0 Å². The Labute approximate surface area is 179 Å². The lowest BCUT2D eigenvalue weighted by Gasteiger charge is -2.33. The van der Waals surface area contributed by atoms with Gasteiger partial charge in [0.25, 0.3) is 5.91 Å². The molecule has 1 aliphatic heterocycles. The topological polar surface area (TPSA) is 78.5 Å². The molecule has 6 nitrogen and oxygen atoms in total. The summed E-state index contributed by atoms with van der Waals surface area (Å²) in [6, 6.07) is 7.35. The molecule has 1 saturated heterocycles. The van der Waals surface area contributed by atoms with Gasteiger partial charge in [0.2, 0.25) is 11.8 Å². The molecule has 0 atom stereocenters. The van der Waals surface area contributed by atoms with Gasteiger partial charge in [-0.05, 0) is 68.7 Å². The van der Waals surface area contributed by atoms with Gasteiger partial charge in [0.15, 0.2) is 0 Å². The summed E-state index contributed by atoms with van der Waals surface area (Å²) >= 11 is 0. The van der Waals surface area contributed by atoms with Gasteiger partial charge in [-0.1, -0.05) is 20.8 Å². The standard InChI is InChI=1S/C24H35N3O3/c1-16(2)22(28)25-21-10-6-19(7-11-21)24(30)27-14-12-18(13-15-27)23(29)26-20-8-4-17(3)5-9-20/h6-7,10-11,16-18,20H,4-5,8-9,12-15H2,1-3H3,(H,25,28)(H,26,29). The van der Waals surface area contributed by atoms with Gasteiger partial charge in [-0.25, -0.2) is 0 Å². The summed E-state index contributed by atoms with van der Waals surface area (Å²) in [6.45, 7) is 7.16. The second kappa shape index (κ2) is 10.1. The molecule has 1 aromatic carbocycles. The van der Waals surface area contributed by atoms with Crippen molar-refractivity contribution in [1.82, 2.24) is 10.2 Å². The van der Waals surface area contributed by atoms with E-state index in [2.05, 4.69) is 17.6 Å². The van der Waals surface area contributed by atoms with Crippen LogP contribution in [0.15, 0.2) is 24.3 Å². The fourth-order valence-electron chi connectivity index (χ4n) is 4.23. The van der Waals surface area contributed by atoms with E-state index in [1.54, 1.807) is 24.3 Å². The fraction of sp³-hybridized carbons (Fsp3) is 0.625. The molecule has 2 aliphatic rings. The van der Waals surface area contributed by atoms with Crippen molar-refractivity contribution in [3.8, 4) is 0 Å². The summed E-state index contributed by atoms with van der Waals surface area (Å²) in [7, 11) is 0. The third-order valence-electron chi connectivity index (χ3n) is 6.44. The zero-order valence-corrected chi connectivity index (χ0v) is 18.4. The van der Waals surface area contributed by atoms with Gasteiger partial charge < -0.3 is 15.5 Å². The molecule has 30 heavy (non-hydrogen) atoms. The monoisotopic (exact) mass is 413 g/mol. The van der Waals surface area contributed by atoms with Crippen LogP contribution < -0.4 is 10.6 Å². The minimum atomic E-state index is -0.0912. The average Bonchev–Trinajstić information content (AvgIpc) is 2.75. The molecule has 3 amide bonds. The summed E-state index contributed by atoms with van der Waals surface area (Å²) in [5, 5.41) is 6.07. The van der Waals surface area contributed by atoms with Crippen molar-refractivity contribution < 1.29 is 14.4 Å². The van der Waals surface area contributed by atoms with Gasteiger partial charge in [-0.2, -0.15) is 0 Å². The fourth-order valence-corrected chi connectivity index (χ4v) is 4.23. The smallest absolute Gasteiger partial charge is 0.253 e. The van der Waals surface area contributed by atoms with Gasteiger partial charge in [0.05, 0.1) is 0 Å². The van der Waals surface area contributed by atoms with E-state index in [1.807, 2.05) is 18.7 Å². The van der Waals surface area contributed by atoms with Crippen molar-refractivity contribution in [2.45, 2.75) is 65.3 Å². The van der Waals surface area contributed by atoms with Crippen molar-refractivity contribution in [2.75, 3.05) is 18.4 Å². The Balaban J connectivity index is 1.46. The van der Waals surface area contributed by atoms with Crippen LogP contribution in [0, 0.1) is 17.8 Å². The quantitative estimate of drug-likeness (QED) is 0.770. The van der Waals surface area contributed by atoms with E-state index in [1.165, 1.54) is 12.8 Å². The highest BCUT2D eigenvalue weighted by atomic mass is 16.2. The number of carbonyl (C=O) groups is 3. The molecule has 1 saturated carbocycles. The number of benzene rings is 1. The van der Waals surface area contributed by atoms with Crippen molar-refractivity contribution in [1.29, 1.82) is 0 Å². The number of rotatable bonds is 5. The summed E-state index contributed by atoms with van der Waals surface area (Å²) in [5.74, 6) is 0.780. The highest BCUT2D eigenvalue weighted by molar-refractivity contribution is 5.96. The Kier molecular flexibility index (Phi) is 7.51. The molecule has 0 radical (unpaired) electrons. The molecule has 2 N–H and O–H groups in total. The third kappa shape index (κ3) is 5.83. The normalized spacial score (nSPS) is 22.6. The molecule has 3 rings (SSSR count). The Morgan fingerprint density at radius 2 is 1.53 bits per heavy atom. The highest BCUT2D eigenvalue weighted by Gasteiger charge is 2.29. The van der Waals surface area contributed by atoms with Gasteiger partial charge in [0.1, 0.15) is 0 Å². The summed E-state index contributed by atoms with van der Waals surface area (Å²) in [5.41, 5.74) is 1.30. The molecule has 1 aliphatic carbocycles. The molecule has 1 heterocycles. The predicted octanol–water partition coefficient (Wildman–Crippen LogP) is 3.83. The van der Waals surface area contributed by atoms with Gasteiger partial charge in [0, 0.05) is 42.2 Å². The predicted molar refractivity (Wildman–Crippen MR) is 118 cm³/mol. The van der Waals surface area contributed by atoms with Crippen LogP contribution in [0.4, 0.5) is 5.69 Å². The van der Waals surface area contributed by atoms with E-state index in [0.29, 0.717) is 43.2 Å². The third-order valence-corrected chi connectivity index (χ3v) is 6.44. The van der Waals surface area contributed by atoms with Crippen LogP contribution in [0.25, 0.3) is 0 Å². The first-order chi connectivity index (χ1) is 14.3. The van der Waals surface area contributed by atoms with Crippen LogP contribution in [0.5, 0.6) is 0 Å². The second-order valence-corrected chi connectivity index (χ2v) is 9.25. The summed E-state index contributed by atoms with van der Waals surface area (Å²) < 4.78 is 0. The molecule has 6 heteroatoms. The number of carbonyl (C=O) groups excluding carboxylic acids is 3. The molecule has 0 unspecified atom stereocenters. The largest absolute Gasteiger partial charge is 0.353 e. The maximum atomic E-state index is 12.8. The minimum Gasteiger partial charge on any atom is -0.353 e. The van der Waals surface area contributed by atoms with E-state index in [4.69, 9.17) is 0 Å². The Hall–Kier alpha value is -2.37. The zero-order valence-electron chi connectivity index (χ0n) is 18.4. The number of likely N-dealkylation sites (tertiary alicyclic amines) is 1. The van der Waals surface area contributed by atoms with Crippen LogP contribution in [0.3, 0.4) is 0 Å². The molecule has 0 bridgehead atoms. The number of anilines is 1. The number of hydrogen-bond donors (Lipinski definition) is 2. The first-order valence-electron chi connectivity index (χ1n) is 11.3. The van der Waals surface area contributed by atoms with E-state index in [9.17, 15) is 14.4 Å². The molecule has 2 fully saturated rings. The average molecular weight is 414 g/mol. The van der Waals surface area contributed by atoms with Gasteiger partial charge >= 0.3 is 0 Å². The lowest BCUT2D eigenvalue weighted by atomic mass is 9.86. The van der Waals surface area contributed by atoms with Crippen molar-refractivity contribution in [3.05, 3.63) is 29.8 Å². The Morgan fingerprint density at radius 3 is 2.10 bits per heavy atom. The Morgan fingerprint density at radius 1 is 0.933 bits per heavy atom. The number of amides is 3. The zero-order chi connectivity index (χ0) is 21.7. The second-order valence-electron chi connectivity index (χ2n) is 9.25. The van der Waals surface area contributed by atoms with Crippen molar-refractivity contribution >= 4 is 23.4 Å². The molecular weight excluding hydrogens is 378 g/mol. The van der Waals surface area contributed by atoms with E-state index in [0.717, 1.165) is 18.8 Å².